The molecule has 1 aromatic carbocycles. The highest BCUT2D eigenvalue weighted by Crippen LogP contribution is 2.21. The van der Waals surface area contributed by atoms with Crippen LogP contribution < -0.4 is 5.32 Å². The van der Waals surface area contributed by atoms with Gasteiger partial charge in [0.05, 0.1) is 0 Å². The van der Waals surface area contributed by atoms with Gasteiger partial charge in [0.15, 0.2) is 0 Å². The zero-order valence-corrected chi connectivity index (χ0v) is 14.2. The molecule has 2 heterocycles. The number of hydrogen-bond acceptors (Lipinski definition) is 3. The average Bonchev–Trinajstić information content (AvgIpc) is 3.10. The molecule has 0 aliphatic carbocycles. The van der Waals surface area contributed by atoms with Crippen molar-refractivity contribution < 1.29 is 0 Å². The number of nitrogens with one attached hydrogen (secondary N) is 1. The van der Waals surface area contributed by atoms with Gasteiger partial charge in [-0.2, -0.15) is 0 Å². The van der Waals surface area contributed by atoms with Crippen LogP contribution in [-0.4, -0.2) is 30.6 Å². The van der Waals surface area contributed by atoms with E-state index in [1.54, 1.807) is 0 Å². The minimum atomic E-state index is 0.487. The summed E-state index contributed by atoms with van der Waals surface area (Å²) in [7, 11) is 0. The fourth-order valence-electron chi connectivity index (χ4n) is 3.23. The molecular formula is C19H26N2S. The molecule has 1 N–H and O–H groups in total. The Morgan fingerprint density at radius 2 is 1.91 bits per heavy atom. The van der Waals surface area contributed by atoms with Crippen LogP contribution in [0.2, 0.25) is 0 Å². The van der Waals surface area contributed by atoms with Crippen LogP contribution in [0.1, 0.15) is 36.2 Å². The highest BCUT2D eigenvalue weighted by molar-refractivity contribution is 7.10. The third-order valence-corrected chi connectivity index (χ3v) is 5.66. The second-order valence-corrected chi connectivity index (χ2v) is 7.23. The van der Waals surface area contributed by atoms with Crippen molar-refractivity contribution >= 4 is 11.3 Å². The Kier molecular flexibility index (Phi) is 5.65. The molecule has 0 bridgehead atoms. The Morgan fingerprint density at radius 1 is 1.14 bits per heavy atom. The second-order valence-electron chi connectivity index (χ2n) is 6.26. The van der Waals surface area contributed by atoms with Crippen molar-refractivity contribution in [2.45, 2.75) is 38.3 Å². The number of rotatable bonds is 6. The summed E-state index contributed by atoms with van der Waals surface area (Å²) < 4.78 is 0. The molecule has 22 heavy (non-hydrogen) atoms. The van der Waals surface area contributed by atoms with Gasteiger partial charge in [-0.25, -0.2) is 0 Å². The monoisotopic (exact) mass is 314 g/mol. The summed E-state index contributed by atoms with van der Waals surface area (Å²) in [5.74, 6) is 0. The number of likely N-dealkylation sites (tertiary alicyclic amines) is 1. The summed E-state index contributed by atoms with van der Waals surface area (Å²) >= 11 is 1.85. The lowest BCUT2D eigenvalue weighted by Gasteiger charge is -2.33. The number of nitrogens with zero attached hydrogens (tertiary/aromatic N) is 1. The van der Waals surface area contributed by atoms with E-state index in [0.29, 0.717) is 12.1 Å². The summed E-state index contributed by atoms with van der Waals surface area (Å²) in [4.78, 5) is 4.06. The molecule has 0 radical (unpaired) electrons. The van der Waals surface area contributed by atoms with Gasteiger partial charge in [0.2, 0.25) is 0 Å². The first-order chi connectivity index (χ1) is 10.8. The van der Waals surface area contributed by atoms with Crippen LogP contribution in [0, 0.1) is 0 Å². The molecule has 1 aliphatic heterocycles. The molecule has 3 heteroatoms. The van der Waals surface area contributed by atoms with Gasteiger partial charge in [0, 0.05) is 23.5 Å². The molecular weight excluding hydrogens is 288 g/mol. The summed E-state index contributed by atoms with van der Waals surface area (Å²) in [6.45, 7) is 5.92. The lowest BCUT2D eigenvalue weighted by molar-refractivity contribution is 0.194. The zero-order valence-electron chi connectivity index (χ0n) is 13.4. The van der Waals surface area contributed by atoms with E-state index in [4.69, 9.17) is 0 Å². The molecule has 3 rings (SSSR count). The van der Waals surface area contributed by atoms with E-state index in [9.17, 15) is 0 Å². The first-order valence-electron chi connectivity index (χ1n) is 8.37. The Labute approximate surface area is 138 Å². The van der Waals surface area contributed by atoms with Crippen LogP contribution in [0.25, 0.3) is 0 Å². The number of piperidine rings is 1. The first-order valence-corrected chi connectivity index (χ1v) is 9.25. The number of thiophene rings is 1. The molecule has 118 valence electrons. The van der Waals surface area contributed by atoms with Crippen LogP contribution in [-0.2, 0) is 6.42 Å². The fourth-order valence-corrected chi connectivity index (χ4v) is 3.97. The Balaban J connectivity index is 1.39. The van der Waals surface area contributed by atoms with E-state index >= 15 is 0 Å². The van der Waals surface area contributed by atoms with Crippen molar-refractivity contribution in [3.63, 3.8) is 0 Å². The molecule has 2 nitrogen and oxygen atoms in total. The maximum atomic E-state index is 3.80. The Morgan fingerprint density at radius 3 is 2.59 bits per heavy atom. The van der Waals surface area contributed by atoms with Crippen LogP contribution >= 0.6 is 11.3 Å². The average molecular weight is 314 g/mol. The summed E-state index contributed by atoms with van der Waals surface area (Å²) in [5.41, 5.74) is 1.45. The third-order valence-electron chi connectivity index (χ3n) is 4.60. The largest absolute Gasteiger partial charge is 0.307 e. The predicted octanol–water partition coefficient (Wildman–Crippen LogP) is 4.11. The molecule has 1 unspecified atom stereocenters. The second kappa shape index (κ2) is 7.91. The van der Waals surface area contributed by atoms with E-state index in [2.05, 4.69) is 65.0 Å². The Hall–Kier alpha value is -1.16. The Bertz CT molecular complexity index is 530. The SMILES string of the molecule is CC(NC1CCN(CCc2ccccc2)CC1)c1cccs1. The first kappa shape index (κ1) is 15.7. The van der Waals surface area contributed by atoms with E-state index in [1.165, 1.54) is 49.3 Å². The quantitative estimate of drug-likeness (QED) is 0.863. The highest BCUT2D eigenvalue weighted by Gasteiger charge is 2.20. The van der Waals surface area contributed by atoms with Crippen LogP contribution in [0.3, 0.4) is 0 Å². The van der Waals surface area contributed by atoms with Crippen LogP contribution in [0.4, 0.5) is 0 Å². The van der Waals surface area contributed by atoms with Crippen molar-refractivity contribution in [1.82, 2.24) is 10.2 Å². The molecule has 1 aromatic heterocycles. The van der Waals surface area contributed by atoms with Crippen molar-refractivity contribution in [1.29, 1.82) is 0 Å². The lowest BCUT2D eigenvalue weighted by atomic mass is 10.0. The van der Waals surface area contributed by atoms with Crippen molar-refractivity contribution in [2.24, 2.45) is 0 Å². The summed E-state index contributed by atoms with van der Waals surface area (Å²) in [6, 6.07) is 16.4. The van der Waals surface area contributed by atoms with Crippen molar-refractivity contribution in [3.05, 3.63) is 58.3 Å². The van der Waals surface area contributed by atoms with Gasteiger partial charge in [0.25, 0.3) is 0 Å². The molecule has 1 saturated heterocycles. The van der Waals surface area contributed by atoms with E-state index < -0.39 is 0 Å². The van der Waals surface area contributed by atoms with E-state index in [1.807, 2.05) is 11.3 Å². The zero-order chi connectivity index (χ0) is 15.2. The predicted molar refractivity (Wildman–Crippen MR) is 95.5 cm³/mol. The molecule has 2 aromatic rings. The van der Waals surface area contributed by atoms with Gasteiger partial charge in [-0.15, -0.1) is 11.3 Å². The van der Waals surface area contributed by atoms with Crippen LogP contribution in [0.15, 0.2) is 47.8 Å². The van der Waals surface area contributed by atoms with Crippen molar-refractivity contribution in [3.8, 4) is 0 Å². The molecule has 0 amide bonds. The van der Waals surface area contributed by atoms with Gasteiger partial charge in [0.1, 0.15) is 0 Å². The van der Waals surface area contributed by atoms with Gasteiger partial charge in [-0.05, 0) is 56.3 Å². The summed E-state index contributed by atoms with van der Waals surface area (Å²) in [6.07, 6.45) is 3.71. The van der Waals surface area contributed by atoms with Gasteiger partial charge in [-0.3, -0.25) is 0 Å². The molecule has 0 saturated carbocycles. The van der Waals surface area contributed by atoms with Gasteiger partial charge in [-0.1, -0.05) is 36.4 Å². The molecule has 1 atom stereocenters. The van der Waals surface area contributed by atoms with Gasteiger partial charge >= 0.3 is 0 Å². The third kappa shape index (κ3) is 4.42. The topological polar surface area (TPSA) is 15.3 Å². The van der Waals surface area contributed by atoms with E-state index in [-0.39, 0.29) is 0 Å². The normalized spacial score (nSPS) is 18.4. The lowest BCUT2D eigenvalue weighted by Crippen LogP contribution is -2.43. The molecule has 1 fully saturated rings. The minimum Gasteiger partial charge on any atom is -0.307 e. The minimum absolute atomic E-state index is 0.487. The number of benzene rings is 1. The summed E-state index contributed by atoms with van der Waals surface area (Å²) in [5, 5.41) is 5.97. The smallest absolute Gasteiger partial charge is 0.0388 e. The molecule has 0 spiro atoms. The fraction of sp³-hybridized carbons (Fsp3) is 0.474. The highest BCUT2D eigenvalue weighted by atomic mass is 32.1. The maximum absolute atomic E-state index is 3.80. The standard InChI is InChI=1S/C19H26N2S/c1-16(19-8-5-15-22-19)20-18-10-13-21(14-11-18)12-9-17-6-3-2-4-7-17/h2-8,15-16,18,20H,9-14H2,1H3. The van der Waals surface area contributed by atoms with Gasteiger partial charge < -0.3 is 10.2 Å². The molecule has 1 aliphatic rings. The van der Waals surface area contributed by atoms with Crippen molar-refractivity contribution in [2.75, 3.05) is 19.6 Å². The van der Waals surface area contributed by atoms with E-state index in [0.717, 1.165) is 0 Å². The number of hydrogen-bond donors (Lipinski definition) is 1. The maximum Gasteiger partial charge on any atom is 0.0388 e. The van der Waals surface area contributed by atoms with Crippen LogP contribution in [0.5, 0.6) is 0 Å².